The van der Waals surface area contributed by atoms with E-state index in [0.29, 0.717) is 29.0 Å². The van der Waals surface area contributed by atoms with Crippen LogP contribution in [0.2, 0.25) is 5.02 Å². The number of pyridine rings is 1. The molecule has 2 aromatic heterocycles. The molecule has 0 bridgehead atoms. The Balaban J connectivity index is 1.86. The second-order valence-corrected chi connectivity index (χ2v) is 7.40. The maximum atomic E-state index is 11.9. The summed E-state index contributed by atoms with van der Waals surface area (Å²) in [6, 6.07) is 9.45. The van der Waals surface area contributed by atoms with E-state index in [1.54, 1.807) is 12.4 Å². The van der Waals surface area contributed by atoms with Crippen molar-refractivity contribution in [3.63, 3.8) is 0 Å². The van der Waals surface area contributed by atoms with Gasteiger partial charge in [0.1, 0.15) is 5.25 Å². The number of nitrogens with zero attached hydrogens (tertiary/aromatic N) is 4. The normalized spacial score (nSPS) is 16.7. The Morgan fingerprint density at radius 1 is 1.23 bits per heavy atom. The summed E-state index contributed by atoms with van der Waals surface area (Å²) in [5.41, 5.74) is 2.68. The number of ether oxygens (including phenoxy) is 1. The van der Waals surface area contributed by atoms with Gasteiger partial charge < -0.3 is 4.74 Å². The second kappa shape index (κ2) is 7.09. The molecule has 132 valence electrons. The smallest absolute Gasteiger partial charge is 0.319 e. The third-order valence-corrected chi connectivity index (χ3v) is 5.78. The number of esters is 1. The van der Waals surface area contributed by atoms with Gasteiger partial charge in [0.15, 0.2) is 11.0 Å². The largest absolute Gasteiger partial charge is 0.465 e. The van der Waals surface area contributed by atoms with Crippen LogP contribution in [0, 0.1) is 6.92 Å². The lowest BCUT2D eigenvalue weighted by molar-refractivity contribution is -0.137. The maximum Gasteiger partial charge on any atom is 0.319 e. The van der Waals surface area contributed by atoms with Gasteiger partial charge in [-0.2, -0.15) is 0 Å². The first-order valence-electron chi connectivity index (χ1n) is 8.10. The van der Waals surface area contributed by atoms with Crippen LogP contribution in [-0.4, -0.2) is 37.6 Å². The summed E-state index contributed by atoms with van der Waals surface area (Å²) in [5, 5.41) is 9.73. The van der Waals surface area contributed by atoms with Crippen molar-refractivity contribution < 1.29 is 9.53 Å². The van der Waals surface area contributed by atoms with Crippen LogP contribution in [0.3, 0.4) is 0 Å². The number of hydrogen-bond acceptors (Lipinski definition) is 6. The predicted molar refractivity (Wildman–Crippen MR) is 99.6 cm³/mol. The van der Waals surface area contributed by atoms with E-state index in [1.165, 1.54) is 11.8 Å². The van der Waals surface area contributed by atoms with Gasteiger partial charge in [-0.1, -0.05) is 29.4 Å². The molecule has 0 amide bonds. The van der Waals surface area contributed by atoms with Gasteiger partial charge in [-0.25, -0.2) is 0 Å². The van der Waals surface area contributed by atoms with Crippen molar-refractivity contribution in [3.05, 3.63) is 53.3 Å². The van der Waals surface area contributed by atoms with Crippen molar-refractivity contribution >= 4 is 29.3 Å². The first kappa shape index (κ1) is 17.1. The molecule has 4 rings (SSSR count). The van der Waals surface area contributed by atoms with Gasteiger partial charge in [0, 0.05) is 29.4 Å². The molecule has 1 aliphatic heterocycles. The summed E-state index contributed by atoms with van der Waals surface area (Å²) >= 11 is 7.70. The molecule has 6 nitrogen and oxygen atoms in total. The van der Waals surface area contributed by atoms with Crippen LogP contribution in [0.25, 0.3) is 17.1 Å². The van der Waals surface area contributed by atoms with Crippen LogP contribution >= 0.6 is 23.4 Å². The van der Waals surface area contributed by atoms with Gasteiger partial charge >= 0.3 is 5.97 Å². The zero-order chi connectivity index (χ0) is 18.1. The highest BCUT2D eigenvalue weighted by atomic mass is 35.5. The molecular weight excluding hydrogens is 372 g/mol. The summed E-state index contributed by atoms with van der Waals surface area (Å²) in [5.74, 6) is 0.462. The average Bonchev–Trinajstić information content (AvgIpc) is 3.25. The van der Waals surface area contributed by atoms with Crippen molar-refractivity contribution in [1.29, 1.82) is 0 Å². The zero-order valence-electron chi connectivity index (χ0n) is 13.9. The molecule has 1 aliphatic rings. The van der Waals surface area contributed by atoms with Crippen LogP contribution < -0.4 is 0 Å². The first-order chi connectivity index (χ1) is 12.6. The quantitative estimate of drug-likeness (QED) is 0.637. The number of aromatic nitrogens is 4. The van der Waals surface area contributed by atoms with Gasteiger partial charge in [0.2, 0.25) is 0 Å². The standard InChI is InChI=1S/C18H15ClN4O2S/c1-11-13(19)3-2-4-14(11)23-16(12-5-8-20-9-6-12)21-22-18(23)26-15-7-10-25-17(15)24/h2-6,8-9,15H,7,10H2,1H3. The number of halogens is 1. The molecule has 3 aromatic rings. The van der Waals surface area contributed by atoms with E-state index in [2.05, 4.69) is 15.2 Å². The maximum absolute atomic E-state index is 11.9. The molecule has 0 saturated carbocycles. The van der Waals surface area contributed by atoms with Gasteiger partial charge in [0.05, 0.1) is 12.3 Å². The molecule has 1 atom stereocenters. The van der Waals surface area contributed by atoms with E-state index in [4.69, 9.17) is 16.3 Å². The van der Waals surface area contributed by atoms with Crippen molar-refractivity contribution in [2.75, 3.05) is 6.61 Å². The minimum atomic E-state index is -0.275. The molecule has 0 spiro atoms. The number of hydrogen-bond donors (Lipinski definition) is 0. The molecule has 0 N–H and O–H groups in total. The number of rotatable bonds is 4. The summed E-state index contributed by atoms with van der Waals surface area (Å²) < 4.78 is 7.01. The molecule has 1 unspecified atom stereocenters. The van der Waals surface area contributed by atoms with Gasteiger partial charge in [-0.05, 0) is 36.8 Å². The summed E-state index contributed by atoms with van der Waals surface area (Å²) in [6.07, 6.45) is 4.08. The number of carbonyl (C=O) groups is 1. The minimum Gasteiger partial charge on any atom is -0.465 e. The van der Waals surface area contributed by atoms with Crippen molar-refractivity contribution in [2.45, 2.75) is 23.8 Å². The third-order valence-electron chi connectivity index (χ3n) is 4.19. The monoisotopic (exact) mass is 386 g/mol. The Bertz CT molecular complexity index is 961. The van der Waals surface area contributed by atoms with E-state index in [9.17, 15) is 4.79 Å². The van der Waals surface area contributed by atoms with Crippen LogP contribution in [0.1, 0.15) is 12.0 Å². The molecule has 1 aromatic carbocycles. The molecule has 26 heavy (non-hydrogen) atoms. The number of cyclic esters (lactones) is 1. The average molecular weight is 387 g/mol. The van der Waals surface area contributed by atoms with E-state index >= 15 is 0 Å². The highest BCUT2D eigenvalue weighted by Crippen LogP contribution is 2.35. The Kier molecular flexibility index (Phi) is 4.65. The highest BCUT2D eigenvalue weighted by molar-refractivity contribution is 8.00. The second-order valence-electron chi connectivity index (χ2n) is 5.82. The van der Waals surface area contributed by atoms with E-state index in [-0.39, 0.29) is 11.2 Å². The van der Waals surface area contributed by atoms with Crippen LogP contribution in [0.4, 0.5) is 0 Å². The summed E-state index contributed by atoms with van der Waals surface area (Å²) in [4.78, 5) is 16.0. The highest BCUT2D eigenvalue weighted by Gasteiger charge is 2.30. The molecule has 1 fully saturated rings. The zero-order valence-corrected chi connectivity index (χ0v) is 15.5. The Labute approximate surface area is 159 Å². The van der Waals surface area contributed by atoms with Crippen LogP contribution in [0.5, 0.6) is 0 Å². The van der Waals surface area contributed by atoms with Crippen LogP contribution in [-0.2, 0) is 9.53 Å². The Morgan fingerprint density at radius 3 is 2.77 bits per heavy atom. The summed E-state index contributed by atoms with van der Waals surface area (Å²) in [7, 11) is 0. The van der Waals surface area contributed by atoms with Crippen molar-refractivity contribution in [1.82, 2.24) is 19.7 Å². The predicted octanol–water partition coefficient (Wildman–Crippen LogP) is 3.70. The van der Waals surface area contributed by atoms with Crippen LogP contribution in [0.15, 0.2) is 47.9 Å². The fraction of sp³-hybridized carbons (Fsp3) is 0.222. The lowest BCUT2D eigenvalue weighted by Gasteiger charge is -2.14. The number of carbonyl (C=O) groups excluding carboxylic acids is 1. The number of thioether (sulfide) groups is 1. The third kappa shape index (κ3) is 3.08. The van der Waals surface area contributed by atoms with Gasteiger partial charge in [-0.15, -0.1) is 10.2 Å². The summed E-state index contributed by atoms with van der Waals surface area (Å²) in [6.45, 7) is 2.39. The van der Waals surface area contributed by atoms with E-state index < -0.39 is 0 Å². The number of benzene rings is 1. The first-order valence-corrected chi connectivity index (χ1v) is 9.35. The van der Waals surface area contributed by atoms with E-state index in [1.807, 2.05) is 41.8 Å². The SMILES string of the molecule is Cc1c(Cl)cccc1-n1c(SC2CCOC2=O)nnc1-c1ccncc1. The fourth-order valence-corrected chi connectivity index (χ4v) is 3.98. The molecule has 8 heteroatoms. The molecule has 3 heterocycles. The van der Waals surface area contributed by atoms with Gasteiger partial charge in [-0.3, -0.25) is 14.3 Å². The fourth-order valence-electron chi connectivity index (χ4n) is 2.80. The Hall–Kier alpha value is -2.38. The molecule has 1 saturated heterocycles. The topological polar surface area (TPSA) is 69.9 Å². The minimum absolute atomic E-state index is 0.210. The van der Waals surface area contributed by atoms with Crippen molar-refractivity contribution in [3.8, 4) is 17.1 Å². The Morgan fingerprint density at radius 2 is 2.04 bits per heavy atom. The lowest BCUT2D eigenvalue weighted by atomic mass is 10.2. The molecular formula is C18H15ClN4O2S. The van der Waals surface area contributed by atoms with Crippen molar-refractivity contribution in [2.24, 2.45) is 0 Å². The lowest BCUT2D eigenvalue weighted by Crippen LogP contribution is -2.11. The van der Waals surface area contributed by atoms with E-state index in [0.717, 1.165) is 16.8 Å². The molecule has 0 aliphatic carbocycles. The van der Waals surface area contributed by atoms with Gasteiger partial charge in [0.25, 0.3) is 0 Å². The molecule has 0 radical (unpaired) electrons.